The Morgan fingerprint density at radius 1 is 1.00 bits per heavy atom. The third-order valence-electron chi connectivity index (χ3n) is 3.75. The molecule has 2 aromatic rings. The second-order valence-electron chi connectivity index (χ2n) is 5.83. The number of hydrogen-bond donors (Lipinski definition) is 2. The van der Waals surface area contributed by atoms with E-state index in [2.05, 4.69) is 10.6 Å². The van der Waals surface area contributed by atoms with Gasteiger partial charge in [-0.15, -0.1) is 0 Å². The SMILES string of the molecule is CCCCNC(=O)c1ccc(C(=O)Nc2ccc(Cl)c(C(F)(F)F)c2)cc1. The Morgan fingerprint density at radius 3 is 2.15 bits per heavy atom. The quantitative estimate of drug-likeness (QED) is 0.662. The van der Waals surface area contributed by atoms with Crippen molar-refractivity contribution in [3.63, 3.8) is 0 Å². The lowest BCUT2D eigenvalue weighted by atomic mass is 10.1. The van der Waals surface area contributed by atoms with Crippen LogP contribution in [0.5, 0.6) is 0 Å². The van der Waals surface area contributed by atoms with Gasteiger partial charge in [0.15, 0.2) is 0 Å². The van der Waals surface area contributed by atoms with Crippen molar-refractivity contribution in [2.24, 2.45) is 0 Å². The molecule has 0 saturated carbocycles. The summed E-state index contributed by atoms with van der Waals surface area (Å²) in [6.07, 6.45) is -2.79. The van der Waals surface area contributed by atoms with E-state index in [-0.39, 0.29) is 17.2 Å². The molecular weight excluding hydrogens is 381 g/mol. The largest absolute Gasteiger partial charge is 0.417 e. The van der Waals surface area contributed by atoms with Gasteiger partial charge in [0.25, 0.3) is 11.8 Å². The Labute approximate surface area is 159 Å². The average molecular weight is 399 g/mol. The van der Waals surface area contributed by atoms with E-state index in [9.17, 15) is 22.8 Å². The van der Waals surface area contributed by atoms with Crippen LogP contribution in [-0.2, 0) is 6.18 Å². The van der Waals surface area contributed by atoms with Gasteiger partial charge in [0.2, 0.25) is 0 Å². The van der Waals surface area contributed by atoms with Crippen LogP contribution in [0.2, 0.25) is 5.02 Å². The first-order valence-electron chi connectivity index (χ1n) is 8.28. The lowest BCUT2D eigenvalue weighted by molar-refractivity contribution is -0.137. The minimum absolute atomic E-state index is 0.0295. The Balaban J connectivity index is 2.07. The molecule has 0 aromatic heterocycles. The minimum atomic E-state index is -4.62. The highest BCUT2D eigenvalue weighted by molar-refractivity contribution is 6.31. The zero-order valence-corrected chi connectivity index (χ0v) is 15.2. The molecule has 2 aromatic carbocycles. The summed E-state index contributed by atoms with van der Waals surface area (Å²) in [6.45, 7) is 2.58. The van der Waals surface area contributed by atoms with Gasteiger partial charge >= 0.3 is 6.18 Å². The van der Waals surface area contributed by atoms with Gasteiger partial charge in [-0.1, -0.05) is 24.9 Å². The maximum absolute atomic E-state index is 12.9. The number of anilines is 1. The molecule has 0 saturated heterocycles. The highest BCUT2D eigenvalue weighted by Crippen LogP contribution is 2.36. The van der Waals surface area contributed by atoms with Gasteiger partial charge in [0, 0.05) is 23.4 Å². The molecule has 2 N–H and O–H groups in total. The zero-order chi connectivity index (χ0) is 20.0. The first-order chi connectivity index (χ1) is 12.7. The van der Waals surface area contributed by atoms with E-state index in [1.54, 1.807) is 0 Å². The van der Waals surface area contributed by atoms with Crippen molar-refractivity contribution in [3.8, 4) is 0 Å². The van der Waals surface area contributed by atoms with E-state index < -0.39 is 22.7 Å². The number of nitrogens with one attached hydrogen (secondary N) is 2. The van der Waals surface area contributed by atoms with Crippen molar-refractivity contribution in [1.29, 1.82) is 0 Å². The van der Waals surface area contributed by atoms with Crippen LogP contribution < -0.4 is 10.6 Å². The van der Waals surface area contributed by atoms with Gasteiger partial charge in [0.05, 0.1) is 10.6 Å². The summed E-state index contributed by atoms with van der Waals surface area (Å²) >= 11 is 5.56. The van der Waals surface area contributed by atoms with Crippen LogP contribution in [0.3, 0.4) is 0 Å². The molecule has 0 fully saturated rings. The van der Waals surface area contributed by atoms with Gasteiger partial charge in [0.1, 0.15) is 0 Å². The summed E-state index contributed by atoms with van der Waals surface area (Å²) in [7, 11) is 0. The molecule has 0 aliphatic rings. The number of alkyl halides is 3. The summed E-state index contributed by atoms with van der Waals surface area (Å²) in [5.41, 5.74) is -0.448. The van der Waals surface area contributed by atoms with Gasteiger partial charge in [-0.3, -0.25) is 9.59 Å². The van der Waals surface area contributed by atoms with Crippen molar-refractivity contribution in [1.82, 2.24) is 5.32 Å². The number of carbonyl (C=O) groups is 2. The van der Waals surface area contributed by atoms with Gasteiger partial charge in [-0.25, -0.2) is 0 Å². The maximum atomic E-state index is 12.9. The lowest BCUT2D eigenvalue weighted by Crippen LogP contribution is -2.24. The summed E-state index contributed by atoms with van der Waals surface area (Å²) < 4.78 is 38.7. The topological polar surface area (TPSA) is 58.2 Å². The summed E-state index contributed by atoms with van der Waals surface area (Å²) in [5.74, 6) is -0.841. The second-order valence-corrected chi connectivity index (χ2v) is 6.24. The van der Waals surface area contributed by atoms with E-state index in [0.29, 0.717) is 12.1 Å². The Kier molecular flexibility index (Phi) is 6.85. The third kappa shape index (κ3) is 5.72. The molecule has 0 radical (unpaired) electrons. The fourth-order valence-electron chi connectivity index (χ4n) is 2.28. The summed E-state index contributed by atoms with van der Waals surface area (Å²) in [5, 5.41) is 4.70. The van der Waals surface area contributed by atoms with Crippen LogP contribution in [0, 0.1) is 0 Å². The number of halogens is 4. The molecular formula is C19H18ClF3N2O2. The smallest absolute Gasteiger partial charge is 0.352 e. The standard InChI is InChI=1S/C19H18ClF3N2O2/c1-2-3-10-24-17(26)12-4-6-13(7-5-12)18(27)25-14-8-9-16(20)15(11-14)19(21,22)23/h4-9,11H,2-3,10H2,1H3,(H,24,26)(H,25,27). The third-order valence-corrected chi connectivity index (χ3v) is 4.08. The Morgan fingerprint density at radius 2 is 1.59 bits per heavy atom. The normalized spacial score (nSPS) is 11.1. The van der Waals surface area contributed by atoms with Crippen LogP contribution in [0.1, 0.15) is 46.0 Å². The van der Waals surface area contributed by atoms with E-state index in [1.165, 1.54) is 30.3 Å². The molecule has 0 bridgehead atoms. The number of amides is 2. The van der Waals surface area contributed by atoms with E-state index in [0.717, 1.165) is 25.0 Å². The molecule has 0 unspecified atom stereocenters. The van der Waals surface area contributed by atoms with Crippen LogP contribution in [0.4, 0.5) is 18.9 Å². The van der Waals surface area contributed by atoms with Gasteiger partial charge < -0.3 is 10.6 Å². The molecule has 2 rings (SSSR count). The van der Waals surface area contributed by atoms with Crippen LogP contribution in [0.25, 0.3) is 0 Å². The second kappa shape index (κ2) is 8.90. The van der Waals surface area contributed by atoms with Crippen molar-refractivity contribution in [3.05, 3.63) is 64.2 Å². The van der Waals surface area contributed by atoms with Crippen molar-refractivity contribution in [2.75, 3.05) is 11.9 Å². The fourth-order valence-corrected chi connectivity index (χ4v) is 2.50. The number of rotatable bonds is 6. The molecule has 0 heterocycles. The monoisotopic (exact) mass is 398 g/mol. The van der Waals surface area contributed by atoms with E-state index in [4.69, 9.17) is 11.6 Å². The van der Waals surface area contributed by atoms with E-state index in [1.807, 2.05) is 6.92 Å². The molecule has 4 nitrogen and oxygen atoms in total. The fraction of sp³-hybridized carbons (Fsp3) is 0.263. The van der Waals surface area contributed by atoms with E-state index >= 15 is 0 Å². The van der Waals surface area contributed by atoms with Crippen LogP contribution in [0.15, 0.2) is 42.5 Å². The van der Waals surface area contributed by atoms with Crippen molar-refractivity contribution >= 4 is 29.1 Å². The molecule has 0 aliphatic heterocycles. The first-order valence-corrected chi connectivity index (χ1v) is 8.66. The molecule has 27 heavy (non-hydrogen) atoms. The van der Waals surface area contributed by atoms with Crippen LogP contribution >= 0.6 is 11.6 Å². The van der Waals surface area contributed by atoms with Gasteiger partial charge in [-0.05, 0) is 48.9 Å². The number of hydrogen-bond acceptors (Lipinski definition) is 2. The molecule has 8 heteroatoms. The minimum Gasteiger partial charge on any atom is -0.352 e. The Hall–Kier alpha value is -2.54. The molecule has 0 atom stereocenters. The molecule has 0 spiro atoms. The average Bonchev–Trinajstić information content (AvgIpc) is 2.62. The molecule has 0 aliphatic carbocycles. The molecule has 2 amide bonds. The predicted molar refractivity (Wildman–Crippen MR) is 98.1 cm³/mol. The zero-order valence-electron chi connectivity index (χ0n) is 14.5. The highest BCUT2D eigenvalue weighted by Gasteiger charge is 2.33. The number of benzene rings is 2. The van der Waals surface area contributed by atoms with Crippen LogP contribution in [-0.4, -0.2) is 18.4 Å². The Bertz CT molecular complexity index is 821. The van der Waals surface area contributed by atoms with Gasteiger partial charge in [-0.2, -0.15) is 13.2 Å². The maximum Gasteiger partial charge on any atom is 0.417 e. The molecule has 144 valence electrons. The predicted octanol–water partition coefficient (Wildman–Crippen LogP) is 5.14. The highest BCUT2D eigenvalue weighted by atomic mass is 35.5. The van der Waals surface area contributed by atoms with Crippen molar-refractivity contribution in [2.45, 2.75) is 25.9 Å². The first kappa shape index (κ1) is 20.8. The number of unbranched alkanes of at least 4 members (excludes halogenated alkanes) is 1. The summed E-state index contributed by atoms with van der Waals surface area (Å²) in [6, 6.07) is 8.97. The number of carbonyl (C=O) groups excluding carboxylic acids is 2. The van der Waals surface area contributed by atoms with Crippen molar-refractivity contribution < 1.29 is 22.8 Å². The lowest BCUT2D eigenvalue weighted by Gasteiger charge is -2.12. The summed E-state index contributed by atoms with van der Waals surface area (Å²) in [4.78, 5) is 24.2.